The Balaban J connectivity index is 0.000000189. The third-order valence-corrected chi connectivity index (χ3v) is 17.4. The number of benzene rings is 7. The summed E-state index contributed by atoms with van der Waals surface area (Å²) in [4.78, 5) is 0. The minimum atomic E-state index is -2.39. The molecule has 0 N–H and O–H groups in total. The van der Waals surface area contributed by atoms with Crippen LogP contribution in [-0.2, 0) is 48.0 Å². The third kappa shape index (κ3) is 20.4. The molecule has 98 heavy (non-hydrogen) atoms. The van der Waals surface area contributed by atoms with E-state index in [1.54, 1.807) is 37.4 Å². The van der Waals surface area contributed by atoms with E-state index >= 15 is 0 Å². The zero-order valence-electron chi connectivity index (χ0n) is 75.8. The standard InChI is InChI=1S/3C16H20N.2C15H18N.C15H16/c1-12(2)14-10-7-11-17(4)16(14)15-9-6-5-8-13(15)3;1-12(2)14-9-10-17(4)16(11-14)15-8-6-5-7-13(15)3;1-12(2)14-9-10-16(17(4)11-14)15-8-6-5-7-13(15)3;1-4-13-9-7-11-16(3)15(13)14-10-6-5-8-12(14)2;1-4-13-9-10-16(3)15(11-13)14-8-6-5-7-12(14)2;1-12(2)14-10-6-7-11-15(14)13-8-4-3-5-9-13/h3*5-12H,1-4H3;2*5-11H,4H2,1-3H3;3-12H,1-2H3/q5*+1;/i3*1D3,12D;4D2;;12D. The summed E-state index contributed by atoms with van der Waals surface area (Å²) in [6.45, 7) is 15.1. The van der Waals surface area contributed by atoms with E-state index in [0.29, 0.717) is 16.7 Å². The van der Waals surface area contributed by atoms with Crippen LogP contribution in [0.1, 0.15) is 174 Å². The van der Waals surface area contributed by atoms with Gasteiger partial charge in [0.25, 0.3) is 0 Å². The zero-order valence-corrected chi connectivity index (χ0v) is 60.8. The molecule has 0 bridgehead atoms. The molecule has 0 radical (unpaired) electrons. The molecule has 5 aromatic heterocycles. The predicted molar refractivity (Wildman–Crippen MR) is 416 cm³/mol. The summed E-state index contributed by atoms with van der Waals surface area (Å²) in [6.07, 6.45) is 9.26. The molecular formula is C93H112N5+5. The van der Waals surface area contributed by atoms with E-state index in [-0.39, 0.29) is 0 Å². The van der Waals surface area contributed by atoms with Crippen molar-refractivity contribution in [3.05, 3.63) is 329 Å². The maximum Gasteiger partial charge on any atom is 0.215 e. The van der Waals surface area contributed by atoms with Crippen molar-refractivity contribution in [2.45, 2.75) is 140 Å². The lowest BCUT2D eigenvalue weighted by Crippen LogP contribution is -2.32. The van der Waals surface area contributed by atoms with Crippen LogP contribution in [0.25, 0.3) is 67.4 Å². The van der Waals surface area contributed by atoms with Gasteiger partial charge in [-0.25, -0.2) is 22.8 Å². The fraction of sp³-hybridized carbons (Fsp3) is 0.280. The molecule has 12 aromatic rings. The quantitative estimate of drug-likeness (QED) is 0.109. The molecule has 0 aliphatic rings. The first-order valence-corrected chi connectivity index (χ1v) is 33.6. The van der Waals surface area contributed by atoms with Gasteiger partial charge >= 0.3 is 0 Å². The summed E-state index contributed by atoms with van der Waals surface area (Å²) in [5.74, 6) is -5.47. The Bertz CT molecular complexity index is 5180. The molecule has 3 atom stereocenters. The van der Waals surface area contributed by atoms with Crippen molar-refractivity contribution < 1.29 is 43.4 Å². The van der Waals surface area contributed by atoms with Crippen LogP contribution in [-0.4, -0.2) is 0 Å². The van der Waals surface area contributed by atoms with Crippen molar-refractivity contribution >= 4 is 0 Å². The Labute approximate surface area is 612 Å². The molecule has 0 fully saturated rings. The number of aryl methyl sites for hydroxylation is 12. The van der Waals surface area contributed by atoms with Gasteiger partial charge in [-0.05, 0) is 175 Å². The summed E-state index contributed by atoms with van der Waals surface area (Å²) in [5.41, 5.74) is 23.3. The lowest BCUT2D eigenvalue weighted by atomic mass is 9.93. The second-order valence-electron chi connectivity index (χ2n) is 25.1. The second-order valence-corrected chi connectivity index (χ2v) is 25.1. The first-order valence-electron chi connectivity index (χ1n) is 41.1. The highest BCUT2D eigenvalue weighted by Gasteiger charge is 2.21. The summed E-state index contributed by atoms with van der Waals surface area (Å²) >= 11 is 0. The molecule has 0 spiro atoms. The van der Waals surface area contributed by atoms with Gasteiger partial charge in [-0.2, -0.15) is 0 Å². The summed E-state index contributed by atoms with van der Waals surface area (Å²) in [6, 6.07) is 77.7. The number of hydrogen-bond acceptors (Lipinski definition) is 0. The van der Waals surface area contributed by atoms with Gasteiger partial charge in [0.05, 0.1) is 0 Å². The first-order chi connectivity index (χ1) is 52.7. The number of rotatable bonds is 12. The van der Waals surface area contributed by atoms with Gasteiger partial charge < -0.3 is 0 Å². The molecular weight excluding hydrogens is 1190 g/mol. The molecule has 3 unspecified atom stereocenters. The predicted octanol–water partition coefficient (Wildman–Crippen LogP) is 21.4. The van der Waals surface area contributed by atoms with Crippen LogP contribution < -0.4 is 22.8 Å². The zero-order chi connectivity index (χ0) is 84.0. The van der Waals surface area contributed by atoms with Crippen molar-refractivity contribution in [3.63, 3.8) is 0 Å². The Hall–Kier alpha value is -9.71. The number of pyridine rings is 5. The van der Waals surface area contributed by atoms with Crippen molar-refractivity contribution in [2.75, 3.05) is 0 Å². The molecule has 12 rings (SSSR count). The van der Waals surface area contributed by atoms with E-state index in [1.807, 2.05) is 251 Å². The fourth-order valence-electron chi connectivity index (χ4n) is 11.7. The molecule has 5 heteroatoms. The van der Waals surface area contributed by atoms with Crippen molar-refractivity contribution in [3.8, 4) is 67.4 Å². The topological polar surface area (TPSA) is 19.4 Å². The van der Waals surface area contributed by atoms with Crippen LogP contribution in [0.15, 0.2) is 268 Å². The minimum absolute atomic E-state index is 0.488. The molecule has 0 saturated heterocycles. The van der Waals surface area contributed by atoms with Crippen molar-refractivity contribution in [1.29, 1.82) is 0 Å². The molecule has 0 aliphatic carbocycles. The van der Waals surface area contributed by atoms with E-state index in [4.69, 9.17) is 20.6 Å². The van der Waals surface area contributed by atoms with Crippen LogP contribution in [0.4, 0.5) is 0 Å². The smallest absolute Gasteiger partial charge is 0.201 e. The monoisotopic (exact) mass is 1310 g/mol. The lowest BCUT2D eigenvalue weighted by molar-refractivity contribution is -0.661. The van der Waals surface area contributed by atoms with Crippen LogP contribution in [0, 0.1) is 34.6 Å². The molecule has 0 amide bonds. The second kappa shape index (κ2) is 37.1. The molecule has 5 nitrogen and oxygen atoms in total. The lowest BCUT2D eigenvalue weighted by Gasteiger charge is -2.12. The van der Waals surface area contributed by atoms with Gasteiger partial charge in [0.2, 0.25) is 28.5 Å². The van der Waals surface area contributed by atoms with Gasteiger partial charge in [0.15, 0.2) is 31.0 Å². The number of hydrogen-bond donors (Lipinski definition) is 0. The van der Waals surface area contributed by atoms with Crippen LogP contribution in [0.2, 0.25) is 0 Å². The fourth-order valence-corrected chi connectivity index (χ4v) is 11.7. The van der Waals surface area contributed by atoms with Crippen LogP contribution >= 0.6 is 0 Å². The van der Waals surface area contributed by atoms with E-state index < -0.39 is 50.5 Å². The molecule has 504 valence electrons. The molecule has 7 aromatic carbocycles. The number of aromatic nitrogens is 5. The SMILES string of the molecule is CCc1cc[n+](C)c(-c2ccccc2C)c1.[2H]C(C)(C)c1ccccc1-c1ccccc1.[2H]C([2H])(C)c1ccc[n+](C)c1-c1ccccc1C.[2H]C([2H])([2H])C([2H])(C)c1cc[n+](C)c(-c2ccccc2C)c1.[2H]C([2H])([2H])C([2H])(C)c1ccc(-c2ccccc2C)[n+](C)c1.[2H]C([2H])([2H])C([2H])(C)c1ccc[n+](C)c1-c1ccccc1C. The van der Waals surface area contributed by atoms with Crippen LogP contribution in [0.3, 0.4) is 0 Å². The summed E-state index contributed by atoms with van der Waals surface area (Å²) < 4.78 is 127. The Kier molecular flexibility index (Phi) is 21.3. The maximum atomic E-state index is 8.40. The Morgan fingerprint density at radius 3 is 1.24 bits per heavy atom. The van der Waals surface area contributed by atoms with Gasteiger partial charge in [-0.1, -0.05) is 215 Å². The number of nitrogens with zero attached hydrogens (tertiary/aromatic N) is 5. The highest BCUT2D eigenvalue weighted by Crippen LogP contribution is 2.31. The minimum Gasteiger partial charge on any atom is -0.201 e. The Morgan fingerprint density at radius 1 is 0.337 bits per heavy atom. The molecule has 0 saturated carbocycles. The van der Waals surface area contributed by atoms with Gasteiger partial charge in [0, 0.05) is 108 Å². The highest BCUT2D eigenvalue weighted by molar-refractivity contribution is 5.69. The van der Waals surface area contributed by atoms with Gasteiger partial charge in [0.1, 0.15) is 35.2 Å². The first kappa shape index (κ1) is 56.3. The van der Waals surface area contributed by atoms with E-state index in [0.717, 1.165) is 90.4 Å². The average Bonchev–Trinajstić information content (AvgIpc) is 0.726. The molecule has 0 aliphatic heterocycles. The average molecular weight is 1320 g/mol. The van der Waals surface area contributed by atoms with E-state index in [9.17, 15) is 0 Å². The van der Waals surface area contributed by atoms with Crippen LogP contribution in [0.5, 0.6) is 0 Å². The summed E-state index contributed by atoms with van der Waals surface area (Å²) in [5, 5.41) is 0. The normalized spacial score (nSPS) is 15.4. The van der Waals surface area contributed by atoms with Gasteiger partial charge in [-0.15, -0.1) is 0 Å². The summed E-state index contributed by atoms with van der Waals surface area (Å²) in [7, 11) is 9.72. The highest BCUT2D eigenvalue weighted by atomic mass is 14.9. The van der Waals surface area contributed by atoms with Crippen molar-refractivity contribution in [1.82, 2.24) is 0 Å². The largest absolute Gasteiger partial charge is 0.215 e. The van der Waals surface area contributed by atoms with E-state index in [1.165, 1.54) is 48.7 Å². The van der Waals surface area contributed by atoms with Gasteiger partial charge in [-0.3, -0.25) is 0 Å². The maximum absolute atomic E-state index is 8.40. The molecule has 5 heterocycles. The van der Waals surface area contributed by atoms with Crippen molar-refractivity contribution in [2.24, 2.45) is 35.2 Å². The third-order valence-electron chi connectivity index (χ3n) is 17.4. The van der Waals surface area contributed by atoms with E-state index in [2.05, 4.69) is 99.2 Å². The Morgan fingerprint density at radius 2 is 0.755 bits per heavy atom.